The van der Waals surface area contributed by atoms with Gasteiger partial charge in [-0.1, -0.05) is 19.9 Å². The molecule has 24 heavy (non-hydrogen) atoms. The van der Waals surface area contributed by atoms with Crippen molar-refractivity contribution >= 4 is 5.65 Å². The number of rotatable bonds is 2. The van der Waals surface area contributed by atoms with Crippen molar-refractivity contribution in [2.75, 3.05) is 0 Å². The molecule has 0 amide bonds. The summed E-state index contributed by atoms with van der Waals surface area (Å²) in [5.74, 6) is -0.0401. The number of hydrogen-bond acceptors (Lipinski definition) is 4. The third-order valence-corrected chi connectivity index (χ3v) is 4.02. The fourth-order valence-corrected chi connectivity index (χ4v) is 2.79. The Morgan fingerprint density at radius 3 is 2.50 bits per heavy atom. The lowest BCUT2D eigenvalue weighted by atomic mass is 9.96. The smallest absolute Gasteiger partial charge is 0.276 e. The molecule has 1 aromatic carbocycles. The summed E-state index contributed by atoms with van der Waals surface area (Å²) < 4.78 is 1.30. The van der Waals surface area contributed by atoms with Crippen LogP contribution in [0.1, 0.15) is 42.0 Å². The fraction of sp³-hybridized carbons (Fsp3) is 0.222. The highest BCUT2D eigenvalue weighted by atomic mass is 16.1. The third-order valence-electron chi connectivity index (χ3n) is 4.02. The van der Waals surface area contributed by atoms with Crippen molar-refractivity contribution in [3.63, 3.8) is 0 Å². The van der Waals surface area contributed by atoms with Crippen molar-refractivity contribution < 1.29 is 0 Å². The SMILES string of the molecule is Cc1cc(-c2nc3c(C#N)c[nH]n3c(=O)c2C(C)C)ccc1C#N. The van der Waals surface area contributed by atoms with Crippen LogP contribution in [0.5, 0.6) is 0 Å². The molecular weight excluding hydrogens is 302 g/mol. The van der Waals surface area contributed by atoms with Crippen LogP contribution in [-0.2, 0) is 0 Å². The second-order valence-electron chi connectivity index (χ2n) is 5.93. The summed E-state index contributed by atoms with van der Waals surface area (Å²) in [7, 11) is 0. The van der Waals surface area contributed by atoms with Crippen LogP contribution in [0.2, 0.25) is 0 Å². The number of hydrogen-bond donors (Lipinski definition) is 1. The summed E-state index contributed by atoms with van der Waals surface area (Å²) in [6.07, 6.45) is 1.47. The fourth-order valence-electron chi connectivity index (χ4n) is 2.79. The van der Waals surface area contributed by atoms with Gasteiger partial charge >= 0.3 is 0 Å². The molecule has 6 nitrogen and oxygen atoms in total. The number of benzene rings is 1. The molecule has 2 heterocycles. The normalized spacial score (nSPS) is 10.8. The van der Waals surface area contributed by atoms with Gasteiger partial charge in [0.05, 0.1) is 17.3 Å². The van der Waals surface area contributed by atoms with Gasteiger partial charge in [0.2, 0.25) is 0 Å². The summed E-state index contributed by atoms with van der Waals surface area (Å²) >= 11 is 0. The van der Waals surface area contributed by atoms with Gasteiger partial charge in [0, 0.05) is 17.3 Å². The molecule has 118 valence electrons. The van der Waals surface area contributed by atoms with E-state index >= 15 is 0 Å². The Morgan fingerprint density at radius 1 is 1.21 bits per heavy atom. The Bertz CT molecular complexity index is 1090. The number of nitrogens with one attached hydrogen (secondary N) is 1. The summed E-state index contributed by atoms with van der Waals surface area (Å²) in [4.78, 5) is 17.4. The van der Waals surface area contributed by atoms with Crippen molar-refractivity contribution in [2.45, 2.75) is 26.7 Å². The van der Waals surface area contributed by atoms with Gasteiger partial charge in [0.25, 0.3) is 5.56 Å². The van der Waals surface area contributed by atoms with Crippen LogP contribution in [0.15, 0.2) is 29.2 Å². The minimum absolute atomic E-state index is 0.0401. The van der Waals surface area contributed by atoms with Gasteiger partial charge in [-0.2, -0.15) is 10.5 Å². The van der Waals surface area contributed by atoms with Gasteiger partial charge in [-0.25, -0.2) is 9.50 Å². The second-order valence-corrected chi connectivity index (χ2v) is 5.93. The third kappa shape index (κ3) is 2.26. The van der Waals surface area contributed by atoms with Crippen LogP contribution in [0, 0.1) is 29.6 Å². The summed E-state index contributed by atoms with van der Waals surface area (Å²) in [6.45, 7) is 5.71. The Morgan fingerprint density at radius 2 is 1.92 bits per heavy atom. The standard InChI is InChI=1S/C18H15N5O/c1-10(2)15-16(12-4-5-13(7-19)11(3)6-12)22-17-14(8-20)9-21-23(17)18(15)24/h4-6,9-10,21H,1-3H3. The molecule has 3 aromatic rings. The first kappa shape index (κ1) is 15.5. The molecule has 0 bridgehead atoms. The molecular formula is C18H15N5O. The number of H-pyrrole nitrogens is 1. The summed E-state index contributed by atoms with van der Waals surface area (Å²) in [5, 5.41) is 21.1. The first-order valence-corrected chi connectivity index (χ1v) is 7.53. The number of aryl methyl sites for hydroxylation is 1. The van der Waals surface area contributed by atoms with Crippen molar-refractivity contribution in [2.24, 2.45) is 0 Å². The van der Waals surface area contributed by atoms with E-state index in [0.29, 0.717) is 28.0 Å². The van der Waals surface area contributed by atoms with Gasteiger partial charge < -0.3 is 0 Å². The predicted octanol–water partition coefficient (Wildman–Crippen LogP) is 2.86. The maximum Gasteiger partial charge on any atom is 0.276 e. The average molecular weight is 317 g/mol. The highest BCUT2D eigenvalue weighted by Crippen LogP contribution is 2.27. The first-order chi connectivity index (χ1) is 11.5. The van der Waals surface area contributed by atoms with E-state index in [4.69, 9.17) is 5.26 Å². The van der Waals surface area contributed by atoms with E-state index in [2.05, 4.69) is 16.2 Å². The number of aromatic nitrogens is 3. The zero-order chi connectivity index (χ0) is 17.4. The van der Waals surface area contributed by atoms with Crippen LogP contribution >= 0.6 is 0 Å². The van der Waals surface area contributed by atoms with Gasteiger partial charge in [-0.3, -0.25) is 9.89 Å². The van der Waals surface area contributed by atoms with Crippen LogP contribution in [0.4, 0.5) is 0 Å². The minimum Gasteiger partial charge on any atom is -0.295 e. The molecule has 0 saturated carbocycles. The average Bonchev–Trinajstić information content (AvgIpc) is 2.97. The topological polar surface area (TPSA) is 97.7 Å². The minimum atomic E-state index is -0.214. The lowest BCUT2D eigenvalue weighted by Gasteiger charge is -2.13. The second kappa shape index (κ2) is 5.68. The van der Waals surface area contributed by atoms with Gasteiger partial charge in [0.15, 0.2) is 5.65 Å². The maximum absolute atomic E-state index is 12.8. The van der Waals surface area contributed by atoms with E-state index < -0.39 is 0 Å². The van der Waals surface area contributed by atoms with Gasteiger partial charge in [0.1, 0.15) is 11.6 Å². The zero-order valence-electron chi connectivity index (χ0n) is 13.6. The molecule has 0 aliphatic rings. The Balaban J connectivity index is 2.40. The van der Waals surface area contributed by atoms with Crippen LogP contribution in [0.3, 0.4) is 0 Å². The molecule has 0 saturated heterocycles. The quantitative estimate of drug-likeness (QED) is 0.785. The van der Waals surface area contributed by atoms with Gasteiger partial charge in [-0.15, -0.1) is 0 Å². The molecule has 3 rings (SSSR count). The largest absolute Gasteiger partial charge is 0.295 e. The van der Waals surface area contributed by atoms with E-state index in [-0.39, 0.29) is 11.5 Å². The number of fused-ring (bicyclic) bond motifs is 1. The van der Waals surface area contributed by atoms with Crippen molar-refractivity contribution in [1.82, 2.24) is 14.6 Å². The molecule has 6 heteroatoms. The maximum atomic E-state index is 12.8. The van der Waals surface area contributed by atoms with E-state index in [0.717, 1.165) is 11.1 Å². The van der Waals surface area contributed by atoms with Gasteiger partial charge in [-0.05, 0) is 30.5 Å². The zero-order valence-corrected chi connectivity index (χ0v) is 13.6. The Hall–Kier alpha value is -3.38. The first-order valence-electron chi connectivity index (χ1n) is 7.53. The van der Waals surface area contributed by atoms with Crippen LogP contribution in [0.25, 0.3) is 16.9 Å². The molecule has 2 aromatic heterocycles. The lowest BCUT2D eigenvalue weighted by molar-refractivity contribution is 0.797. The van der Waals surface area contributed by atoms with E-state index in [1.54, 1.807) is 12.1 Å². The van der Waals surface area contributed by atoms with E-state index in [9.17, 15) is 10.1 Å². The lowest BCUT2D eigenvalue weighted by Crippen LogP contribution is -2.22. The number of aromatic amines is 1. The molecule has 0 unspecified atom stereocenters. The van der Waals surface area contributed by atoms with Crippen LogP contribution in [-0.4, -0.2) is 14.6 Å². The molecule has 0 aliphatic carbocycles. The molecule has 0 spiro atoms. The van der Waals surface area contributed by atoms with E-state index in [1.807, 2.05) is 32.9 Å². The van der Waals surface area contributed by atoms with E-state index in [1.165, 1.54) is 10.7 Å². The monoisotopic (exact) mass is 317 g/mol. The summed E-state index contributed by atoms with van der Waals surface area (Å²) in [5.41, 5.74) is 3.70. The summed E-state index contributed by atoms with van der Waals surface area (Å²) in [6, 6.07) is 9.53. The number of nitrogens with zero attached hydrogens (tertiary/aromatic N) is 4. The highest BCUT2D eigenvalue weighted by Gasteiger charge is 2.20. The van der Waals surface area contributed by atoms with Crippen LogP contribution < -0.4 is 5.56 Å². The molecule has 0 atom stereocenters. The Kier molecular flexibility index (Phi) is 3.67. The van der Waals surface area contributed by atoms with Crippen molar-refractivity contribution in [1.29, 1.82) is 10.5 Å². The molecule has 1 N–H and O–H groups in total. The van der Waals surface area contributed by atoms with Crippen molar-refractivity contribution in [3.05, 3.63) is 57.0 Å². The molecule has 0 fully saturated rings. The van der Waals surface area contributed by atoms with Crippen molar-refractivity contribution in [3.8, 4) is 23.4 Å². The molecule has 0 radical (unpaired) electrons. The number of nitriles is 2. The highest BCUT2D eigenvalue weighted by molar-refractivity contribution is 5.69. The Labute approximate surface area is 138 Å². The predicted molar refractivity (Wildman–Crippen MR) is 89.5 cm³/mol. The molecule has 0 aliphatic heterocycles.